The van der Waals surface area contributed by atoms with E-state index in [0.29, 0.717) is 0 Å². The highest BCUT2D eigenvalue weighted by Crippen LogP contribution is 2.40. The van der Waals surface area contributed by atoms with Crippen LogP contribution in [0.5, 0.6) is 0 Å². The molecule has 0 nitrogen and oxygen atoms in total. The topological polar surface area (TPSA) is 0 Å². The molecule has 0 bridgehead atoms. The Morgan fingerprint density at radius 1 is 1.33 bits per heavy atom. The molecule has 0 aliphatic heterocycles. The molecule has 9 heavy (non-hydrogen) atoms. The van der Waals surface area contributed by atoms with Crippen molar-refractivity contribution in [2.45, 2.75) is 3.79 Å². The lowest BCUT2D eigenvalue weighted by Crippen LogP contribution is -1.94. The van der Waals surface area contributed by atoms with Crippen molar-refractivity contribution in [2.75, 3.05) is 0 Å². The first kappa shape index (κ1) is 7.67. The van der Waals surface area contributed by atoms with Crippen LogP contribution in [0.15, 0.2) is 17.5 Å². The van der Waals surface area contributed by atoms with Crippen molar-refractivity contribution in [3.05, 3.63) is 22.4 Å². The van der Waals surface area contributed by atoms with Crippen molar-refractivity contribution < 1.29 is 0 Å². The normalized spacial score (nSPS) is 11.9. The molecule has 0 saturated carbocycles. The van der Waals surface area contributed by atoms with Gasteiger partial charge in [-0.15, -0.1) is 11.3 Å². The molecule has 4 heteroatoms. The van der Waals surface area contributed by atoms with E-state index in [1.807, 2.05) is 11.4 Å². The van der Waals surface area contributed by atoms with E-state index in [4.69, 9.17) is 34.8 Å². The highest BCUT2D eigenvalue weighted by molar-refractivity contribution is 7.11. The van der Waals surface area contributed by atoms with Crippen LogP contribution in [0.25, 0.3) is 0 Å². The van der Waals surface area contributed by atoms with Crippen LogP contribution in [0.1, 0.15) is 4.88 Å². The predicted molar refractivity (Wildman–Crippen MR) is 43.6 cm³/mol. The van der Waals surface area contributed by atoms with Gasteiger partial charge in [-0.2, -0.15) is 0 Å². The van der Waals surface area contributed by atoms with Crippen molar-refractivity contribution in [3.8, 4) is 0 Å². The van der Waals surface area contributed by atoms with Gasteiger partial charge in [-0.05, 0) is 11.4 Å². The second-order valence-corrected chi connectivity index (χ2v) is 4.70. The molecule has 50 valence electrons. The van der Waals surface area contributed by atoms with Crippen molar-refractivity contribution in [2.24, 2.45) is 0 Å². The average Bonchev–Trinajstić information content (AvgIpc) is 2.08. The lowest BCUT2D eigenvalue weighted by Gasteiger charge is -2.05. The molecular formula is C5H3Cl3S. The summed E-state index contributed by atoms with van der Waals surface area (Å²) in [6.45, 7) is 0. The minimum atomic E-state index is -1.24. The summed E-state index contributed by atoms with van der Waals surface area (Å²) < 4.78 is -1.24. The highest BCUT2D eigenvalue weighted by Gasteiger charge is 2.23. The van der Waals surface area contributed by atoms with Crippen LogP contribution in [-0.2, 0) is 3.79 Å². The Morgan fingerprint density at radius 2 is 2.00 bits per heavy atom. The third-order valence-electron chi connectivity index (χ3n) is 0.801. The molecule has 1 aromatic rings. The lowest BCUT2D eigenvalue weighted by atomic mass is 10.5. The Morgan fingerprint density at radius 3 is 2.22 bits per heavy atom. The van der Waals surface area contributed by atoms with Crippen molar-refractivity contribution >= 4 is 46.1 Å². The molecule has 0 aliphatic rings. The van der Waals surface area contributed by atoms with E-state index >= 15 is 0 Å². The smallest absolute Gasteiger partial charge is 0.144 e. The van der Waals surface area contributed by atoms with Crippen LogP contribution in [0.4, 0.5) is 0 Å². The molecule has 0 aromatic carbocycles. The maximum absolute atomic E-state index is 5.54. The third kappa shape index (κ3) is 2.01. The van der Waals surface area contributed by atoms with Crippen LogP contribution in [0.3, 0.4) is 0 Å². The Bertz CT molecular complexity index is 175. The molecule has 0 aliphatic carbocycles. The van der Waals surface area contributed by atoms with Gasteiger partial charge in [0.2, 0.25) is 3.79 Å². The van der Waals surface area contributed by atoms with E-state index in [1.54, 1.807) is 6.07 Å². The standard InChI is InChI=1S/C5H3Cl3S/c6-5(7,8)4-2-1-3-9-4/h1-3H. The number of halogens is 3. The van der Waals surface area contributed by atoms with E-state index in [0.717, 1.165) is 4.88 Å². The minimum absolute atomic E-state index is 0.757. The predicted octanol–water partition coefficient (Wildman–Crippen LogP) is 3.57. The quantitative estimate of drug-likeness (QED) is 0.563. The first-order valence-electron chi connectivity index (χ1n) is 2.21. The van der Waals surface area contributed by atoms with Gasteiger partial charge in [0.25, 0.3) is 0 Å². The van der Waals surface area contributed by atoms with Gasteiger partial charge in [0.15, 0.2) is 0 Å². The minimum Gasteiger partial charge on any atom is -0.144 e. The van der Waals surface area contributed by atoms with E-state index in [9.17, 15) is 0 Å². The number of hydrogen-bond donors (Lipinski definition) is 0. The molecule has 0 unspecified atom stereocenters. The van der Waals surface area contributed by atoms with Crippen molar-refractivity contribution in [1.29, 1.82) is 0 Å². The zero-order valence-corrected chi connectivity index (χ0v) is 7.36. The fourth-order valence-corrected chi connectivity index (χ4v) is 1.62. The summed E-state index contributed by atoms with van der Waals surface area (Å²) in [6.07, 6.45) is 0. The molecule has 0 radical (unpaired) electrons. The summed E-state index contributed by atoms with van der Waals surface area (Å²) in [4.78, 5) is 0.757. The van der Waals surface area contributed by atoms with Crippen LogP contribution in [-0.4, -0.2) is 0 Å². The summed E-state index contributed by atoms with van der Waals surface area (Å²) in [5.74, 6) is 0. The number of alkyl halides is 3. The molecule has 0 amide bonds. The van der Waals surface area contributed by atoms with E-state index < -0.39 is 3.79 Å². The van der Waals surface area contributed by atoms with Crippen LogP contribution < -0.4 is 0 Å². The Labute approximate surface area is 72.3 Å². The summed E-state index contributed by atoms with van der Waals surface area (Å²) in [5, 5.41) is 1.87. The van der Waals surface area contributed by atoms with Crippen LogP contribution >= 0.6 is 46.1 Å². The molecule has 0 spiro atoms. The maximum atomic E-state index is 5.54. The fourth-order valence-electron chi connectivity index (χ4n) is 0.440. The number of hydrogen-bond acceptors (Lipinski definition) is 1. The zero-order valence-electron chi connectivity index (χ0n) is 4.27. The average molecular weight is 202 g/mol. The number of thiophene rings is 1. The molecule has 0 N–H and O–H groups in total. The maximum Gasteiger partial charge on any atom is 0.224 e. The highest BCUT2D eigenvalue weighted by atomic mass is 35.6. The van der Waals surface area contributed by atoms with Gasteiger partial charge >= 0.3 is 0 Å². The summed E-state index contributed by atoms with van der Waals surface area (Å²) in [7, 11) is 0. The monoisotopic (exact) mass is 200 g/mol. The molecule has 0 saturated heterocycles. The Kier molecular flexibility index (Phi) is 2.27. The van der Waals surface area contributed by atoms with Gasteiger partial charge in [0, 0.05) is 0 Å². The molecule has 1 rings (SSSR count). The second-order valence-electron chi connectivity index (χ2n) is 1.48. The summed E-state index contributed by atoms with van der Waals surface area (Å²) in [5.41, 5.74) is 0. The van der Waals surface area contributed by atoms with E-state index in [2.05, 4.69) is 0 Å². The third-order valence-corrected chi connectivity index (χ3v) is 2.74. The van der Waals surface area contributed by atoms with Gasteiger partial charge in [-0.3, -0.25) is 0 Å². The second kappa shape index (κ2) is 2.67. The molecular weight excluding hydrogens is 198 g/mol. The van der Waals surface area contributed by atoms with Crippen LogP contribution in [0.2, 0.25) is 0 Å². The summed E-state index contributed by atoms with van der Waals surface area (Å²) >= 11 is 18.1. The van der Waals surface area contributed by atoms with E-state index in [-0.39, 0.29) is 0 Å². The largest absolute Gasteiger partial charge is 0.224 e. The van der Waals surface area contributed by atoms with Crippen molar-refractivity contribution in [3.63, 3.8) is 0 Å². The SMILES string of the molecule is ClC(Cl)(Cl)c1cccs1. The van der Waals surface area contributed by atoms with Gasteiger partial charge in [-0.25, -0.2) is 0 Å². The Hall–Kier alpha value is 0.570. The lowest BCUT2D eigenvalue weighted by molar-refractivity contribution is 1.32. The van der Waals surface area contributed by atoms with E-state index in [1.165, 1.54) is 11.3 Å². The summed E-state index contributed by atoms with van der Waals surface area (Å²) in [6, 6.07) is 3.64. The first-order valence-corrected chi connectivity index (χ1v) is 4.23. The zero-order chi connectivity index (χ0) is 6.91. The van der Waals surface area contributed by atoms with Gasteiger partial charge in [-0.1, -0.05) is 40.9 Å². The Balaban J connectivity index is 2.90. The van der Waals surface area contributed by atoms with Gasteiger partial charge in [0.05, 0.1) is 4.88 Å². The molecule has 1 aromatic heterocycles. The fraction of sp³-hybridized carbons (Fsp3) is 0.200. The molecule has 0 fully saturated rings. The van der Waals surface area contributed by atoms with Gasteiger partial charge in [0.1, 0.15) is 0 Å². The van der Waals surface area contributed by atoms with Crippen molar-refractivity contribution in [1.82, 2.24) is 0 Å². The number of rotatable bonds is 0. The molecule has 1 heterocycles. The first-order chi connectivity index (χ1) is 4.11. The van der Waals surface area contributed by atoms with Crippen LogP contribution in [0, 0.1) is 0 Å². The molecule has 0 atom stereocenters. The van der Waals surface area contributed by atoms with Gasteiger partial charge < -0.3 is 0 Å².